The predicted octanol–water partition coefficient (Wildman–Crippen LogP) is 6.57. The summed E-state index contributed by atoms with van der Waals surface area (Å²) < 4.78 is 67.1. The highest BCUT2D eigenvalue weighted by Gasteiger charge is 2.28. The van der Waals surface area contributed by atoms with Gasteiger partial charge in [-0.2, -0.15) is 0 Å². The zero-order valence-electron chi connectivity index (χ0n) is 13.1. The van der Waals surface area contributed by atoms with Crippen LogP contribution in [0.2, 0.25) is 0 Å². The van der Waals surface area contributed by atoms with Crippen LogP contribution < -0.4 is 0 Å². The predicted molar refractivity (Wildman–Crippen MR) is 81.7 cm³/mol. The molecule has 1 atom stereocenters. The SMILES string of the molecule is C=CC(CCC/C=C/CCCC)c1c(F)c(F)c(F)c(F)c1F. The Balaban J connectivity index is 2.79. The molecule has 128 valence electrons. The van der Waals surface area contributed by atoms with Crippen molar-refractivity contribution in [3.63, 3.8) is 0 Å². The summed E-state index contributed by atoms with van der Waals surface area (Å²) in [5.41, 5.74) is -0.800. The molecule has 0 bridgehead atoms. The number of halogens is 5. The number of rotatable bonds is 9. The minimum absolute atomic E-state index is 0.264. The van der Waals surface area contributed by atoms with E-state index in [1.54, 1.807) is 0 Å². The van der Waals surface area contributed by atoms with Gasteiger partial charge in [0.25, 0.3) is 0 Å². The molecule has 0 aliphatic rings. The van der Waals surface area contributed by atoms with E-state index in [4.69, 9.17) is 0 Å². The van der Waals surface area contributed by atoms with Crippen LogP contribution in [0.25, 0.3) is 0 Å². The van der Waals surface area contributed by atoms with Crippen LogP contribution in [0.15, 0.2) is 24.8 Å². The number of hydrogen-bond donors (Lipinski definition) is 0. The van der Waals surface area contributed by atoms with Crippen LogP contribution in [0, 0.1) is 29.1 Å². The molecule has 1 rings (SSSR count). The zero-order valence-corrected chi connectivity index (χ0v) is 13.1. The molecule has 0 aliphatic carbocycles. The lowest BCUT2D eigenvalue weighted by Crippen LogP contribution is -2.10. The van der Waals surface area contributed by atoms with Crippen LogP contribution >= 0.6 is 0 Å². The van der Waals surface area contributed by atoms with Crippen LogP contribution in [0.1, 0.15) is 56.9 Å². The molecule has 5 heteroatoms. The van der Waals surface area contributed by atoms with Crippen LogP contribution in [-0.2, 0) is 0 Å². The lowest BCUT2D eigenvalue weighted by atomic mass is 9.92. The average Bonchev–Trinajstić information content (AvgIpc) is 2.55. The first-order valence-electron chi connectivity index (χ1n) is 7.74. The first kappa shape index (κ1) is 19.4. The van der Waals surface area contributed by atoms with Crippen LogP contribution in [0.3, 0.4) is 0 Å². The van der Waals surface area contributed by atoms with E-state index in [-0.39, 0.29) is 6.42 Å². The van der Waals surface area contributed by atoms with E-state index in [1.807, 2.05) is 12.2 Å². The summed E-state index contributed by atoms with van der Waals surface area (Å²) in [6.07, 6.45) is 9.90. The molecule has 0 fully saturated rings. The molecule has 0 amide bonds. The third-order valence-electron chi connectivity index (χ3n) is 3.68. The highest BCUT2D eigenvalue weighted by Crippen LogP contribution is 2.32. The van der Waals surface area contributed by atoms with Gasteiger partial charge in [0.1, 0.15) is 0 Å². The first-order valence-corrected chi connectivity index (χ1v) is 7.74. The van der Waals surface area contributed by atoms with Gasteiger partial charge in [0.2, 0.25) is 5.82 Å². The number of allylic oxidation sites excluding steroid dienone is 3. The van der Waals surface area contributed by atoms with Crippen molar-refractivity contribution < 1.29 is 22.0 Å². The molecule has 0 aliphatic heterocycles. The molecule has 1 aromatic carbocycles. The molecular formula is C18H21F5. The molecule has 0 heterocycles. The third kappa shape index (κ3) is 4.91. The van der Waals surface area contributed by atoms with Crippen molar-refractivity contribution in [2.75, 3.05) is 0 Å². The maximum absolute atomic E-state index is 13.8. The summed E-state index contributed by atoms with van der Waals surface area (Å²) in [6, 6.07) is 0. The Kier molecular flexibility index (Phi) is 8.00. The lowest BCUT2D eigenvalue weighted by molar-refractivity contribution is 0.365. The minimum atomic E-state index is -2.13. The quantitative estimate of drug-likeness (QED) is 0.158. The van der Waals surface area contributed by atoms with E-state index >= 15 is 0 Å². The Morgan fingerprint density at radius 1 is 0.826 bits per heavy atom. The van der Waals surface area contributed by atoms with E-state index in [9.17, 15) is 22.0 Å². The normalized spacial score (nSPS) is 12.8. The number of unbranched alkanes of at least 4 members (excludes halogenated alkanes) is 3. The minimum Gasteiger partial charge on any atom is -0.203 e. The van der Waals surface area contributed by atoms with Gasteiger partial charge in [0.05, 0.1) is 0 Å². The Morgan fingerprint density at radius 2 is 1.30 bits per heavy atom. The average molecular weight is 332 g/mol. The summed E-state index contributed by atoms with van der Waals surface area (Å²) in [4.78, 5) is 0. The fourth-order valence-corrected chi connectivity index (χ4v) is 2.34. The van der Waals surface area contributed by atoms with Crippen LogP contribution in [-0.4, -0.2) is 0 Å². The molecule has 0 saturated carbocycles. The summed E-state index contributed by atoms with van der Waals surface area (Å²) in [6.45, 7) is 5.54. The Bertz CT molecular complexity index is 534. The van der Waals surface area contributed by atoms with Gasteiger partial charge in [-0.25, -0.2) is 22.0 Å². The second-order valence-electron chi connectivity index (χ2n) is 5.37. The molecular weight excluding hydrogens is 311 g/mol. The largest absolute Gasteiger partial charge is 0.203 e. The van der Waals surface area contributed by atoms with Gasteiger partial charge < -0.3 is 0 Å². The fraction of sp³-hybridized carbons (Fsp3) is 0.444. The van der Waals surface area contributed by atoms with Crippen molar-refractivity contribution in [1.82, 2.24) is 0 Å². The molecule has 0 saturated heterocycles. The number of benzene rings is 1. The van der Waals surface area contributed by atoms with Crippen molar-refractivity contribution >= 4 is 0 Å². The van der Waals surface area contributed by atoms with Crippen molar-refractivity contribution in [3.8, 4) is 0 Å². The number of hydrogen-bond acceptors (Lipinski definition) is 0. The summed E-state index contributed by atoms with van der Waals surface area (Å²) in [5, 5.41) is 0. The molecule has 1 unspecified atom stereocenters. The summed E-state index contributed by atoms with van der Waals surface area (Å²) in [7, 11) is 0. The van der Waals surface area contributed by atoms with Gasteiger partial charge in [-0.3, -0.25) is 0 Å². The maximum atomic E-state index is 13.8. The van der Waals surface area contributed by atoms with E-state index in [2.05, 4.69) is 13.5 Å². The van der Waals surface area contributed by atoms with Crippen molar-refractivity contribution in [3.05, 3.63) is 59.5 Å². The van der Waals surface area contributed by atoms with Gasteiger partial charge in [0.15, 0.2) is 23.3 Å². The van der Waals surface area contributed by atoms with Gasteiger partial charge in [-0.05, 0) is 25.7 Å². The van der Waals surface area contributed by atoms with Crippen LogP contribution in [0.5, 0.6) is 0 Å². The Labute approximate surface area is 133 Å². The van der Waals surface area contributed by atoms with E-state index in [0.717, 1.165) is 19.3 Å². The lowest BCUT2D eigenvalue weighted by Gasteiger charge is -2.15. The Hall–Kier alpha value is -1.65. The topological polar surface area (TPSA) is 0 Å². The van der Waals surface area contributed by atoms with Gasteiger partial charge in [-0.1, -0.05) is 38.0 Å². The fourth-order valence-electron chi connectivity index (χ4n) is 2.34. The van der Waals surface area contributed by atoms with Crippen molar-refractivity contribution in [1.29, 1.82) is 0 Å². The van der Waals surface area contributed by atoms with Gasteiger partial charge >= 0.3 is 0 Å². The second kappa shape index (κ2) is 9.48. The Morgan fingerprint density at radius 3 is 1.78 bits per heavy atom. The monoisotopic (exact) mass is 332 g/mol. The summed E-state index contributed by atoms with van der Waals surface area (Å²) >= 11 is 0. The summed E-state index contributed by atoms with van der Waals surface area (Å²) in [5.74, 6) is -10.4. The van der Waals surface area contributed by atoms with Crippen molar-refractivity contribution in [2.24, 2.45) is 0 Å². The zero-order chi connectivity index (χ0) is 17.4. The van der Waals surface area contributed by atoms with E-state index in [0.29, 0.717) is 12.8 Å². The highest BCUT2D eigenvalue weighted by molar-refractivity contribution is 5.30. The molecule has 0 spiro atoms. The van der Waals surface area contributed by atoms with E-state index in [1.165, 1.54) is 6.08 Å². The first-order chi connectivity index (χ1) is 11.0. The van der Waals surface area contributed by atoms with Gasteiger partial charge in [0, 0.05) is 11.5 Å². The van der Waals surface area contributed by atoms with Crippen LogP contribution in [0.4, 0.5) is 22.0 Å². The molecule has 23 heavy (non-hydrogen) atoms. The molecule has 0 N–H and O–H groups in total. The smallest absolute Gasteiger partial charge is 0.200 e. The van der Waals surface area contributed by atoms with E-state index < -0.39 is 40.6 Å². The molecule has 0 nitrogen and oxygen atoms in total. The molecule has 1 aromatic rings. The third-order valence-corrected chi connectivity index (χ3v) is 3.68. The molecule has 0 aromatic heterocycles. The van der Waals surface area contributed by atoms with Gasteiger partial charge in [-0.15, -0.1) is 6.58 Å². The standard InChI is InChI=1S/C18H21F5/c1-3-5-6-7-8-9-10-11-12(4-2)13-14(19)16(21)18(23)17(22)15(13)20/h4,7-8,12H,2-3,5-6,9-11H2,1H3/b8-7+. The highest BCUT2D eigenvalue weighted by atomic mass is 19.2. The molecule has 0 radical (unpaired) electrons. The second-order valence-corrected chi connectivity index (χ2v) is 5.37. The van der Waals surface area contributed by atoms with Crippen molar-refractivity contribution in [2.45, 2.75) is 51.4 Å². The maximum Gasteiger partial charge on any atom is 0.200 e.